The number of nitrogens with zero attached hydrogens (tertiary/aromatic N) is 5. The second-order valence-corrected chi connectivity index (χ2v) is 6.36. The van der Waals surface area contributed by atoms with Crippen molar-refractivity contribution in [2.24, 2.45) is 5.92 Å². The molecule has 0 aliphatic carbocycles. The third-order valence-corrected chi connectivity index (χ3v) is 4.76. The summed E-state index contributed by atoms with van der Waals surface area (Å²) in [5.41, 5.74) is 0. The first-order valence-electron chi connectivity index (χ1n) is 8.90. The van der Waals surface area contributed by atoms with Gasteiger partial charge in [-0.3, -0.25) is 9.78 Å². The molecular weight excluding hydrogens is 322 g/mol. The molecule has 136 valence electrons. The van der Waals surface area contributed by atoms with Gasteiger partial charge in [0.05, 0.1) is 18.7 Å². The van der Waals surface area contributed by atoms with Gasteiger partial charge in [-0.05, 0) is 19.8 Å². The summed E-state index contributed by atoms with van der Waals surface area (Å²) in [5, 5.41) is 0. The van der Waals surface area contributed by atoms with Crippen molar-refractivity contribution < 1.29 is 14.3 Å². The van der Waals surface area contributed by atoms with Gasteiger partial charge >= 0.3 is 6.09 Å². The molecule has 2 aliphatic rings. The maximum absolute atomic E-state index is 12.8. The van der Waals surface area contributed by atoms with Gasteiger partial charge in [-0.25, -0.2) is 9.78 Å². The number of piperidine rings is 1. The zero-order valence-electron chi connectivity index (χ0n) is 14.6. The molecule has 0 unspecified atom stereocenters. The Kier molecular flexibility index (Phi) is 5.67. The van der Waals surface area contributed by atoms with E-state index in [1.165, 1.54) is 0 Å². The van der Waals surface area contributed by atoms with Crippen LogP contribution >= 0.6 is 0 Å². The molecule has 0 radical (unpaired) electrons. The molecule has 0 saturated carbocycles. The minimum Gasteiger partial charge on any atom is -0.450 e. The van der Waals surface area contributed by atoms with Crippen LogP contribution in [0.1, 0.15) is 19.8 Å². The summed E-state index contributed by atoms with van der Waals surface area (Å²) in [4.78, 5) is 38.8. The van der Waals surface area contributed by atoms with E-state index in [-0.39, 0.29) is 17.9 Å². The summed E-state index contributed by atoms with van der Waals surface area (Å²) in [6, 6.07) is 0. The quantitative estimate of drug-likeness (QED) is 0.811. The van der Waals surface area contributed by atoms with Crippen LogP contribution in [0, 0.1) is 5.92 Å². The highest BCUT2D eigenvalue weighted by atomic mass is 16.6. The van der Waals surface area contributed by atoms with Gasteiger partial charge in [-0.2, -0.15) is 0 Å². The van der Waals surface area contributed by atoms with Gasteiger partial charge in [-0.15, -0.1) is 0 Å². The third-order valence-electron chi connectivity index (χ3n) is 4.76. The smallest absolute Gasteiger partial charge is 0.409 e. The van der Waals surface area contributed by atoms with E-state index in [0.29, 0.717) is 32.8 Å². The molecule has 1 atom stereocenters. The average Bonchev–Trinajstić information content (AvgIpc) is 2.68. The Hall–Kier alpha value is -2.38. The number of piperazine rings is 1. The lowest BCUT2D eigenvalue weighted by Gasteiger charge is -2.39. The summed E-state index contributed by atoms with van der Waals surface area (Å²) in [6.07, 6.45) is 6.44. The predicted octanol–water partition coefficient (Wildman–Crippen LogP) is 0.994. The van der Waals surface area contributed by atoms with E-state index in [2.05, 4.69) is 14.9 Å². The molecule has 0 N–H and O–H groups in total. The van der Waals surface area contributed by atoms with Crippen LogP contribution in [0.25, 0.3) is 0 Å². The van der Waals surface area contributed by atoms with Crippen molar-refractivity contribution in [2.45, 2.75) is 19.8 Å². The molecule has 2 saturated heterocycles. The second-order valence-electron chi connectivity index (χ2n) is 6.36. The van der Waals surface area contributed by atoms with E-state index in [0.717, 1.165) is 31.7 Å². The van der Waals surface area contributed by atoms with Gasteiger partial charge in [-0.1, -0.05) is 0 Å². The minimum absolute atomic E-state index is 0.124. The fourth-order valence-corrected chi connectivity index (χ4v) is 3.43. The van der Waals surface area contributed by atoms with Crippen molar-refractivity contribution >= 4 is 17.8 Å². The number of hydrogen-bond acceptors (Lipinski definition) is 6. The molecule has 2 aliphatic heterocycles. The first-order chi connectivity index (χ1) is 12.2. The molecule has 0 spiro atoms. The molecule has 0 aromatic carbocycles. The number of carbonyl (C=O) groups excluding carboxylic acids is 2. The van der Waals surface area contributed by atoms with Crippen molar-refractivity contribution in [2.75, 3.05) is 50.8 Å². The number of carbonyl (C=O) groups is 2. The van der Waals surface area contributed by atoms with Gasteiger partial charge < -0.3 is 19.4 Å². The van der Waals surface area contributed by atoms with Gasteiger partial charge in [0.1, 0.15) is 5.82 Å². The second kappa shape index (κ2) is 8.13. The Morgan fingerprint density at radius 2 is 1.96 bits per heavy atom. The first-order valence-corrected chi connectivity index (χ1v) is 8.90. The van der Waals surface area contributed by atoms with Gasteiger partial charge in [0.2, 0.25) is 5.91 Å². The molecule has 1 aromatic rings. The summed E-state index contributed by atoms with van der Waals surface area (Å²) in [6.45, 7) is 6.12. The zero-order valence-corrected chi connectivity index (χ0v) is 14.6. The molecule has 2 fully saturated rings. The largest absolute Gasteiger partial charge is 0.450 e. The minimum atomic E-state index is -0.313. The van der Waals surface area contributed by atoms with E-state index in [4.69, 9.17) is 4.74 Å². The number of hydrogen-bond donors (Lipinski definition) is 0. The summed E-state index contributed by atoms with van der Waals surface area (Å²) in [5.74, 6) is 0.870. The number of anilines is 1. The van der Waals surface area contributed by atoms with E-state index >= 15 is 0 Å². The number of amides is 2. The Morgan fingerprint density at radius 1 is 1.16 bits per heavy atom. The van der Waals surface area contributed by atoms with Crippen molar-refractivity contribution in [1.29, 1.82) is 0 Å². The van der Waals surface area contributed by atoms with Crippen molar-refractivity contribution in [3.63, 3.8) is 0 Å². The van der Waals surface area contributed by atoms with Crippen LogP contribution in [0.3, 0.4) is 0 Å². The molecule has 0 bridgehead atoms. The van der Waals surface area contributed by atoms with Crippen LogP contribution in [0.4, 0.5) is 10.6 Å². The predicted molar refractivity (Wildman–Crippen MR) is 92.1 cm³/mol. The summed E-state index contributed by atoms with van der Waals surface area (Å²) in [7, 11) is 0. The highest BCUT2D eigenvalue weighted by molar-refractivity contribution is 5.80. The molecule has 3 heterocycles. The lowest BCUT2D eigenvalue weighted by atomic mass is 9.96. The monoisotopic (exact) mass is 347 g/mol. The highest BCUT2D eigenvalue weighted by Crippen LogP contribution is 2.21. The molecule has 1 aromatic heterocycles. The maximum Gasteiger partial charge on any atom is 0.409 e. The zero-order chi connectivity index (χ0) is 17.6. The normalized spacial score (nSPS) is 21.2. The Labute approximate surface area is 147 Å². The first kappa shape index (κ1) is 17.4. The molecule has 8 heteroatoms. The van der Waals surface area contributed by atoms with E-state index in [1.54, 1.807) is 30.4 Å². The molecular formula is C17H25N5O3. The SMILES string of the molecule is CCOC(=O)N1CCC[C@@H](C(=O)N2CCN(c3cnccn3)CC2)C1. The maximum atomic E-state index is 12.8. The Morgan fingerprint density at radius 3 is 2.64 bits per heavy atom. The van der Waals surface area contributed by atoms with Crippen LogP contribution in [-0.4, -0.2) is 77.6 Å². The molecule has 25 heavy (non-hydrogen) atoms. The van der Waals surface area contributed by atoms with Gasteiger partial charge in [0.25, 0.3) is 0 Å². The van der Waals surface area contributed by atoms with Crippen LogP contribution in [-0.2, 0) is 9.53 Å². The van der Waals surface area contributed by atoms with E-state index < -0.39 is 0 Å². The Balaban J connectivity index is 1.53. The highest BCUT2D eigenvalue weighted by Gasteiger charge is 2.33. The molecule has 8 nitrogen and oxygen atoms in total. The Bertz CT molecular complexity index is 589. The fourth-order valence-electron chi connectivity index (χ4n) is 3.43. The van der Waals surface area contributed by atoms with Crippen molar-refractivity contribution in [3.8, 4) is 0 Å². The van der Waals surface area contributed by atoms with E-state index in [9.17, 15) is 9.59 Å². The van der Waals surface area contributed by atoms with Crippen molar-refractivity contribution in [1.82, 2.24) is 19.8 Å². The lowest BCUT2D eigenvalue weighted by Crippen LogP contribution is -2.53. The number of rotatable bonds is 3. The van der Waals surface area contributed by atoms with Crippen LogP contribution in [0.5, 0.6) is 0 Å². The van der Waals surface area contributed by atoms with Crippen molar-refractivity contribution in [3.05, 3.63) is 18.6 Å². The number of ether oxygens (including phenoxy) is 1. The van der Waals surface area contributed by atoms with Crippen LogP contribution < -0.4 is 4.90 Å². The van der Waals surface area contributed by atoms with Gasteiger partial charge in [0, 0.05) is 51.7 Å². The van der Waals surface area contributed by atoms with Crippen LogP contribution in [0.2, 0.25) is 0 Å². The standard InChI is InChI=1S/C17H25N5O3/c1-2-25-17(24)22-7-3-4-14(13-22)16(23)21-10-8-20(9-11-21)15-12-18-5-6-19-15/h5-6,12,14H,2-4,7-11,13H2,1H3/t14-/m1/s1. The molecule has 2 amide bonds. The average molecular weight is 347 g/mol. The fraction of sp³-hybridized carbons (Fsp3) is 0.647. The van der Waals surface area contributed by atoms with Crippen LogP contribution in [0.15, 0.2) is 18.6 Å². The third kappa shape index (κ3) is 4.18. The topological polar surface area (TPSA) is 78.9 Å². The number of likely N-dealkylation sites (tertiary alicyclic amines) is 1. The van der Waals surface area contributed by atoms with Gasteiger partial charge in [0.15, 0.2) is 0 Å². The summed E-state index contributed by atoms with van der Waals surface area (Å²) >= 11 is 0. The molecule has 3 rings (SSSR count). The summed E-state index contributed by atoms with van der Waals surface area (Å²) < 4.78 is 5.06. The number of aromatic nitrogens is 2. The lowest BCUT2D eigenvalue weighted by molar-refractivity contribution is -0.137. The van der Waals surface area contributed by atoms with E-state index in [1.807, 2.05) is 4.90 Å².